The zero-order valence-corrected chi connectivity index (χ0v) is 15.6. The molecule has 0 atom stereocenters. The quantitative estimate of drug-likeness (QED) is 0.491. The number of amides is 1. The Morgan fingerprint density at radius 1 is 1.21 bits per heavy atom. The van der Waals surface area contributed by atoms with Crippen LogP contribution < -0.4 is 10.1 Å². The van der Waals surface area contributed by atoms with Crippen LogP contribution in [0.3, 0.4) is 0 Å². The van der Waals surface area contributed by atoms with E-state index >= 15 is 0 Å². The number of aromatic nitrogens is 5. The summed E-state index contributed by atoms with van der Waals surface area (Å²) in [6.45, 7) is 0. The molecule has 0 aliphatic carbocycles. The Balaban J connectivity index is 1.64. The zero-order chi connectivity index (χ0) is 19.3. The highest BCUT2D eigenvalue weighted by Gasteiger charge is 2.18. The number of pyridine rings is 1. The van der Waals surface area contributed by atoms with Crippen LogP contribution in [0.2, 0.25) is 0 Å². The summed E-state index contributed by atoms with van der Waals surface area (Å²) < 4.78 is 18.9. The van der Waals surface area contributed by atoms with Gasteiger partial charge in [-0.1, -0.05) is 0 Å². The summed E-state index contributed by atoms with van der Waals surface area (Å²) >= 11 is 2.50. The second kappa shape index (κ2) is 8.15. The predicted molar refractivity (Wildman–Crippen MR) is 101 cm³/mol. The number of aromatic amines is 1. The molecule has 0 saturated heterocycles. The average molecular weight is 414 g/mol. The Morgan fingerprint density at radius 3 is 2.79 bits per heavy atom. The van der Waals surface area contributed by atoms with Crippen molar-refractivity contribution in [2.24, 2.45) is 0 Å². The normalized spacial score (nSPS) is 10.6. The number of rotatable bonds is 6. The Hall–Kier alpha value is -3.31. The molecule has 0 aliphatic rings. The van der Waals surface area contributed by atoms with Gasteiger partial charge in [-0.3, -0.25) is 10.1 Å². The van der Waals surface area contributed by atoms with Crippen LogP contribution in [0.25, 0.3) is 0 Å². The van der Waals surface area contributed by atoms with E-state index < -0.39 is 5.91 Å². The van der Waals surface area contributed by atoms with Gasteiger partial charge in [0.05, 0.1) is 0 Å². The molecular formula is C17H11FN6O2S2. The number of benzene rings is 1. The molecule has 3 heterocycles. The number of H-pyrrole nitrogens is 1. The first-order valence-corrected chi connectivity index (χ1v) is 9.56. The second-order valence-electron chi connectivity index (χ2n) is 5.24. The Labute approximate surface area is 166 Å². The first-order chi connectivity index (χ1) is 13.7. The molecule has 140 valence electrons. The molecule has 2 N–H and O–H groups in total. The molecule has 1 amide bonds. The lowest BCUT2D eigenvalue weighted by atomic mass is 10.3. The highest BCUT2D eigenvalue weighted by molar-refractivity contribution is 7.99. The van der Waals surface area contributed by atoms with Gasteiger partial charge in [0.15, 0.2) is 21.7 Å². The number of hydrogen-bond donors (Lipinski definition) is 2. The second-order valence-corrected chi connectivity index (χ2v) is 7.14. The largest absolute Gasteiger partial charge is 0.455 e. The summed E-state index contributed by atoms with van der Waals surface area (Å²) in [4.78, 5) is 24.0. The lowest BCUT2D eigenvalue weighted by molar-refractivity contribution is 0.101. The Kier molecular flexibility index (Phi) is 5.26. The summed E-state index contributed by atoms with van der Waals surface area (Å²) in [5.74, 6) is -0.261. The number of anilines is 1. The van der Waals surface area contributed by atoms with Crippen molar-refractivity contribution in [3.05, 3.63) is 65.8 Å². The van der Waals surface area contributed by atoms with Crippen molar-refractivity contribution < 1.29 is 13.9 Å². The van der Waals surface area contributed by atoms with E-state index in [1.165, 1.54) is 53.7 Å². The van der Waals surface area contributed by atoms with Crippen LogP contribution >= 0.6 is 23.1 Å². The standard InChI is InChI=1S/C17H11FN6O2S2/c18-10-1-3-11(4-2-10)26-12-5-6-13(28-17-20-9-21-24-17)22-14(12)15(25)23-16-19-7-8-27-16/h1-9H,(H,19,23,25)(H,20,21,24). The molecule has 11 heteroatoms. The van der Waals surface area contributed by atoms with E-state index in [0.29, 0.717) is 21.1 Å². The predicted octanol–water partition coefficient (Wildman–Crippen LogP) is 3.99. The fourth-order valence-corrected chi connectivity index (χ4v) is 3.34. The lowest BCUT2D eigenvalue weighted by Gasteiger charge is -2.11. The van der Waals surface area contributed by atoms with Gasteiger partial charge in [0.2, 0.25) is 0 Å². The van der Waals surface area contributed by atoms with Gasteiger partial charge in [-0.05, 0) is 48.2 Å². The van der Waals surface area contributed by atoms with Gasteiger partial charge in [-0.15, -0.1) is 21.5 Å². The van der Waals surface area contributed by atoms with Gasteiger partial charge in [-0.25, -0.2) is 14.4 Å². The number of nitrogens with one attached hydrogen (secondary N) is 2. The Bertz CT molecular complexity index is 1070. The maximum absolute atomic E-state index is 13.1. The van der Waals surface area contributed by atoms with Crippen molar-refractivity contribution in [2.45, 2.75) is 10.2 Å². The number of halogens is 1. The van der Waals surface area contributed by atoms with Crippen LogP contribution in [0.1, 0.15) is 10.5 Å². The average Bonchev–Trinajstić information content (AvgIpc) is 3.39. The fourth-order valence-electron chi connectivity index (χ4n) is 2.14. The summed E-state index contributed by atoms with van der Waals surface area (Å²) in [5.41, 5.74) is 0.0593. The van der Waals surface area contributed by atoms with Crippen molar-refractivity contribution in [3.63, 3.8) is 0 Å². The molecule has 8 nitrogen and oxygen atoms in total. The van der Waals surface area contributed by atoms with E-state index in [1.54, 1.807) is 23.7 Å². The first-order valence-electron chi connectivity index (χ1n) is 7.86. The van der Waals surface area contributed by atoms with Crippen LogP contribution in [-0.2, 0) is 0 Å². The van der Waals surface area contributed by atoms with Crippen LogP contribution in [0.4, 0.5) is 9.52 Å². The Morgan fingerprint density at radius 2 is 2.07 bits per heavy atom. The molecule has 28 heavy (non-hydrogen) atoms. The van der Waals surface area contributed by atoms with Gasteiger partial charge in [-0.2, -0.15) is 0 Å². The van der Waals surface area contributed by atoms with Crippen LogP contribution in [-0.4, -0.2) is 31.1 Å². The number of thiazole rings is 1. The molecular weight excluding hydrogens is 403 g/mol. The highest BCUT2D eigenvalue weighted by Crippen LogP contribution is 2.30. The van der Waals surface area contributed by atoms with Crippen molar-refractivity contribution >= 4 is 34.1 Å². The molecule has 0 spiro atoms. The summed E-state index contributed by atoms with van der Waals surface area (Å²) in [6, 6.07) is 8.78. The smallest absolute Gasteiger partial charge is 0.279 e. The fraction of sp³-hybridized carbons (Fsp3) is 0. The van der Waals surface area contributed by atoms with Gasteiger partial charge in [0, 0.05) is 11.6 Å². The minimum absolute atomic E-state index is 0.0593. The summed E-state index contributed by atoms with van der Waals surface area (Å²) in [7, 11) is 0. The van der Waals surface area contributed by atoms with Crippen molar-refractivity contribution in [3.8, 4) is 11.5 Å². The van der Waals surface area contributed by atoms with E-state index in [2.05, 4.69) is 30.5 Å². The number of nitrogens with zero attached hydrogens (tertiary/aromatic N) is 4. The van der Waals surface area contributed by atoms with Gasteiger partial charge >= 0.3 is 0 Å². The third-order valence-electron chi connectivity index (χ3n) is 3.34. The lowest BCUT2D eigenvalue weighted by Crippen LogP contribution is -2.15. The third kappa shape index (κ3) is 4.32. The number of ether oxygens (including phenoxy) is 1. The third-order valence-corrected chi connectivity index (χ3v) is 4.86. The van der Waals surface area contributed by atoms with Crippen LogP contribution in [0.15, 0.2) is 64.5 Å². The minimum atomic E-state index is -0.480. The molecule has 0 unspecified atom stereocenters. The van der Waals surface area contributed by atoms with Gasteiger partial charge in [0.25, 0.3) is 5.91 Å². The van der Waals surface area contributed by atoms with Crippen LogP contribution in [0, 0.1) is 5.82 Å². The number of carbonyl (C=O) groups is 1. The van der Waals surface area contributed by atoms with E-state index in [9.17, 15) is 9.18 Å². The first kappa shape index (κ1) is 18.1. The SMILES string of the molecule is O=C(Nc1nccs1)c1nc(Sc2nnc[nH]2)ccc1Oc1ccc(F)cc1. The van der Waals surface area contributed by atoms with Crippen molar-refractivity contribution in [1.82, 2.24) is 25.1 Å². The summed E-state index contributed by atoms with van der Waals surface area (Å²) in [6.07, 6.45) is 3.03. The maximum Gasteiger partial charge on any atom is 0.279 e. The van der Waals surface area contributed by atoms with E-state index in [4.69, 9.17) is 4.74 Å². The van der Waals surface area contributed by atoms with Crippen LogP contribution in [0.5, 0.6) is 11.5 Å². The molecule has 4 aromatic rings. The molecule has 1 aromatic carbocycles. The topological polar surface area (TPSA) is 106 Å². The molecule has 4 rings (SSSR count). The molecule has 0 saturated carbocycles. The highest BCUT2D eigenvalue weighted by atomic mass is 32.2. The van der Waals surface area contributed by atoms with Gasteiger partial charge in [0.1, 0.15) is 22.9 Å². The maximum atomic E-state index is 13.1. The number of carbonyl (C=O) groups excluding carboxylic acids is 1. The molecule has 0 fully saturated rings. The van der Waals surface area contributed by atoms with E-state index in [1.807, 2.05) is 0 Å². The summed E-state index contributed by atoms with van der Waals surface area (Å²) in [5, 5.41) is 13.5. The van der Waals surface area contributed by atoms with Crippen molar-refractivity contribution in [1.29, 1.82) is 0 Å². The zero-order valence-electron chi connectivity index (χ0n) is 14.0. The minimum Gasteiger partial charge on any atom is -0.455 e. The monoisotopic (exact) mass is 414 g/mol. The van der Waals surface area contributed by atoms with Gasteiger partial charge < -0.3 is 9.72 Å². The molecule has 0 bridgehead atoms. The molecule has 0 radical (unpaired) electrons. The molecule has 0 aliphatic heterocycles. The molecule has 3 aromatic heterocycles. The number of hydrogen-bond acceptors (Lipinski definition) is 8. The van der Waals surface area contributed by atoms with E-state index in [-0.39, 0.29) is 17.3 Å². The van der Waals surface area contributed by atoms with E-state index in [0.717, 1.165) is 0 Å². The van der Waals surface area contributed by atoms with Crippen molar-refractivity contribution in [2.75, 3.05) is 5.32 Å².